The van der Waals surface area contributed by atoms with Gasteiger partial charge in [-0.25, -0.2) is 4.98 Å². The molecule has 1 aromatic heterocycles. The van der Waals surface area contributed by atoms with Gasteiger partial charge in [0.05, 0.1) is 10.7 Å². The average Bonchev–Trinajstić information content (AvgIpc) is 2.69. The zero-order chi connectivity index (χ0) is 12.3. The topological polar surface area (TPSA) is 28.2 Å². The third-order valence-corrected chi connectivity index (χ3v) is 4.54. The first-order valence-corrected chi connectivity index (χ1v) is 7.26. The minimum absolute atomic E-state index is 0.470. The van der Waals surface area contributed by atoms with Crippen LogP contribution in [-0.4, -0.2) is 36.6 Å². The maximum Gasteiger partial charge on any atom is 0.0897 e. The molecule has 0 spiro atoms. The van der Waals surface area contributed by atoms with Crippen LogP contribution in [0.2, 0.25) is 0 Å². The Morgan fingerprint density at radius 3 is 2.76 bits per heavy atom. The average molecular weight is 253 g/mol. The van der Waals surface area contributed by atoms with Crippen LogP contribution in [0.25, 0.3) is 0 Å². The van der Waals surface area contributed by atoms with E-state index < -0.39 is 0 Å². The molecule has 1 aliphatic rings. The van der Waals surface area contributed by atoms with Gasteiger partial charge in [0, 0.05) is 18.5 Å². The van der Waals surface area contributed by atoms with Crippen molar-refractivity contribution in [1.29, 1.82) is 0 Å². The first kappa shape index (κ1) is 13.0. The lowest BCUT2D eigenvalue weighted by Crippen LogP contribution is -2.41. The molecule has 3 nitrogen and oxygen atoms in total. The Morgan fingerprint density at radius 2 is 2.18 bits per heavy atom. The molecule has 17 heavy (non-hydrogen) atoms. The summed E-state index contributed by atoms with van der Waals surface area (Å²) >= 11 is 1.73. The number of likely N-dealkylation sites (tertiary alicyclic amines) is 1. The van der Waals surface area contributed by atoms with E-state index in [9.17, 15) is 0 Å². The molecule has 96 valence electrons. The molecule has 0 aromatic carbocycles. The van der Waals surface area contributed by atoms with Crippen molar-refractivity contribution in [3.05, 3.63) is 16.1 Å². The van der Waals surface area contributed by atoms with Crippen molar-refractivity contribution in [2.24, 2.45) is 5.41 Å². The van der Waals surface area contributed by atoms with Crippen LogP contribution in [0.15, 0.2) is 5.38 Å². The van der Waals surface area contributed by atoms with E-state index in [0.717, 1.165) is 18.1 Å². The fraction of sp³-hybridized carbons (Fsp3) is 0.769. The zero-order valence-corrected chi connectivity index (χ0v) is 11.9. The van der Waals surface area contributed by atoms with Crippen LogP contribution in [-0.2, 0) is 6.54 Å². The van der Waals surface area contributed by atoms with Crippen molar-refractivity contribution in [3.8, 4) is 0 Å². The predicted molar refractivity (Wildman–Crippen MR) is 73.4 cm³/mol. The van der Waals surface area contributed by atoms with Crippen molar-refractivity contribution in [3.63, 3.8) is 0 Å². The first-order chi connectivity index (χ1) is 8.07. The van der Waals surface area contributed by atoms with Gasteiger partial charge in [-0.1, -0.05) is 6.92 Å². The molecule has 0 bridgehead atoms. The van der Waals surface area contributed by atoms with Gasteiger partial charge in [0.25, 0.3) is 0 Å². The summed E-state index contributed by atoms with van der Waals surface area (Å²) in [5.74, 6) is 0. The normalized spacial score (nSPS) is 20.6. The van der Waals surface area contributed by atoms with Gasteiger partial charge in [0.15, 0.2) is 0 Å². The molecular formula is C13H23N3S. The van der Waals surface area contributed by atoms with Gasteiger partial charge in [-0.05, 0) is 45.3 Å². The molecule has 0 radical (unpaired) electrons. The highest BCUT2D eigenvalue weighted by molar-refractivity contribution is 7.09. The van der Waals surface area contributed by atoms with Gasteiger partial charge < -0.3 is 10.2 Å². The molecule has 0 amide bonds. The molecule has 2 rings (SSSR count). The zero-order valence-electron chi connectivity index (χ0n) is 11.1. The largest absolute Gasteiger partial charge is 0.311 e. The summed E-state index contributed by atoms with van der Waals surface area (Å²) in [6, 6.07) is 0. The van der Waals surface area contributed by atoms with E-state index in [1.54, 1.807) is 11.3 Å². The molecule has 0 unspecified atom stereocenters. The smallest absolute Gasteiger partial charge is 0.0897 e. The number of hydrogen-bond donors (Lipinski definition) is 1. The second-order valence-corrected chi connectivity index (χ2v) is 6.64. The van der Waals surface area contributed by atoms with Crippen LogP contribution in [0.4, 0.5) is 0 Å². The van der Waals surface area contributed by atoms with Gasteiger partial charge >= 0.3 is 0 Å². The summed E-state index contributed by atoms with van der Waals surface area (Å²) in [6.07, 6.45) is 2.60. The number of aryl methyl sites for hydroxylation is 1. The van der Waals surface area contributed by atoms with E-state index in [4.69, 9.17) is 0 Å². The number of hydrogen-bond acceptors (Lipinski definition) is 4. The van der Waals surface area contributed by atoms with Crippen LogP contribution in [0.5, 0.6) is 0 Å². The van der Waals surface area contributed by atoms with Crippen molar-refractivity contribution in [1.82, 2.24) is 15.2 Å². The Labute approximate surface area is 108 Å². The molecule has 1 N–H and O–H groups in total. The Kier molecular flexibility index (Phi) is 4.17. The number of aromatic nitrogens is 1. The molecule has 1 saturated heterocycles. The Morgan fingerprint density at radius 1 is 1.47 bits per heavy atom. The standard InChI is InChI=1S/C13H23N3S/c1-11-15-12(9-17-11)8-14-10-13(2)4-6-16(3)7-5-13/h9,14H,4-8,10H2,1-3H3. The number of piperidine rings is 1. The van der Waals surface area contributed by atoms with Gasteiger partial charge in [-0.3, -0.25) is 0 Å². The minimum atomic E-state index is 0.470. The van der Waals surface area contributed by atoms with Crippen molar-refractivity contribution >= 4 is 11.3 Å². The van der Waals surface area contributed by atoms with Crippen molar-refractivity contribution in [2.75, 3.05) is 26.7 Å². The second-order valence-electron chi connectivity index (χ2n) is 5.58. The number of rotatable bonds is 4. The summed E-state index contributed by atoms with van der Waals surface area (Å²) in [5, 5.41) is 6.88. The quantitative estimate of drug-likeness (QED) is 0.892. The number of nitrogens with zero attached hydrogens (tertiary/aromatic N) is 2. The van der Waals surface area contributed by atoms with E-state index in [0.29, 0.717) is 5.41 Å². The predicted octanol–water partition coefficient (Wildman–Crippen LogP) is 2.27. The Hall–Kier alpha value is -0.450. The van der Waals surface area contributed by atoms with Crippen LogP contribution in [0, 0.1) is 12.3 Å². The Bertz CT molecular complexity index is 353. The van der Waals surface area contributed by atoms with Crippen molar-refractivity contribution < 1.29 is 0 Å². The lowest BCUT2D eigenvalue weighted by Gasteiger charge is -2.38. The third kappa shape index (κ3) is 3.76. The summed E-state index contributed by atoms with van der Waals surface area (Å²) in [7, 11) is 2.21. The van der Waals surface area contributed by atoms with Gasteiger partial charge in [-0.2, -0.15) is 0 Å². The highest BCUT2D eigenvalue weighted by Crippen LogP contribution is 2.29. The van der Waals surface area contributed by atoms with E-state index in [1.807, 2.05) is 0 Å². The van der Waals surface area contributed by atoms with Gasteiger partial charge in [-0.15, -0.1) is 11.3 Å². The molecule has 1 aliphatic heterocycles. The lowest BCUT2D eigenvalue weighted by molar-refractivity contribution is 0.136. The highest BCUT2D eigenvalue weighted by Gasteiger charge is 2.28. The van der Waals surface area contributed by atoms with E-state index >= 15 is 0 Å². The van der Waals surface area contributed by atoms with Crippen molar-refractivity contribution in [2.45, 2.75) is 33.2 Å². The van der Waals surface area contributed by atoms with Crippen LogP contribution in [0.3, 0.4) is 0 Å². The summed E-state index contributed by atoms with van der Waals surface area (Å²) < 4.78 is 0. The summed E-state index contributed by atoms with van der Waals surface area (Å²) in [4.78, 5) is 6.90. The fourth-order valence-corrected chi connectivity index (χ4v) is 2.93. The van der Waals surface area contributed by atoms with Crippen LogP contribution >= 0.6 is 11.3 Å². The maximum atomic E-state index is 4.48. The SMILES string of the molecule is Cc1nc(CNCC2(C)CCN(C)CC2)cs1. The third-order valence-electron chi connectivity index (χ3n) is 3.72. The number of nitrogens with one attached hydrogen (secondary N) is 1. The van der Waals surface area contributed by atoms with Gasteiger partial charge in [0.1, 0.15) is 0 Å². The lowest BCUT2D eigenvalue weighted by atomic mass is 9.80. The monoisotopic (exact) mass is 253 g/mol. The van der Waals surface area contributed by atoms with Crippen LogP contribution in [0.1, 0.15) is 30.5 Å². The van der Waals surface area contributed by atoms with E-state index in [-0.39, 0.29) is 0 Å². The molecule has 0 saturated carbocycles. The highest BCUT2D eigenvalue weighted by atomic mass is 32.1. The molecular weight excluding hydrogens is 230 g/mol. The van der Waals surface area contributed by atoms with E-state index in [1.165, 1.54) is 31.6 Å². The molecule has 0 aliphatic carbocycles. The summed E-state index contributed by atoms with van der Waals surface area (Å²) in [5.41, 5.74) is 1.65. The molecule has 1 fully saturated rings. The summed E-state index contributed by atoms with van der Waals surface area (Å²) in [6.45, 7) is 8.95. The molecule has 0 atom stereocenters. The Balaban J connectivity index is 1.74. The van der Waals surface area contributed by atoms with Crippen LogP contribution < -0.4 is 5.32 Å². The van der Waals surface area contributed by atoms with E-state index in [2.05, 4.69) is 41.5 Å². The first-order valence-electron chi connectivity index (χ1n) is 6.38. The fourth-order valence-electron chi connectivity index (χ4n) is 2.32. The molecule has 2 heterocycles. The van der Waals surface area contributed by atoms with Gasteiger partial charge in [0.2, 0.25) is 0 Å². The maximum absolute atomic E-state index is 4.48. The minimum Gasteiger partial charge on any atom is -0.311 e. The second kappa shape index (κ2) is 5.46. The number of thiazole rings is 1. The molecule has 1 aromatic rings. The molecule has 4 heteroatoms.